The van der Waals surface area contributed by atoms with Gasteiger partial charge in [0, 0.05) is 5.02 Å². The quantitative estimate of drug-likeness (QED) is 0.444. The fourth-order valence-corrected chi connectivity index (χ4v) is 8.12. The van der Waals surface area contributed by atoms with Crippen LogP contribution in [0.1, 0.15) is 83.1 Å². The van der Waals surface area contributed by atoms with Crippen LogP contribution in [0.3, 0.4) is 0 Å². The number of halogens is 1. The summed E-state index contributed by atoms with van der Waals surface area (Å²) in [5.74, 6) is 3.58. The van der Waals surface area contributed by atoms with Crippen LogP contribution in [0.4, 0.5) is 0 Å². The Morgan fingerprint density at radius 1 is 0.923 bits per heavy atom. The predicted octanol–water partition coefficient (Wildman–Crippen LogP) is 7.78. The Balaban J connectivity index is 1.46. The Kier molecular flexibility index (Phi) is 4.09. The summed E-state index contributed by atoms with van der Waals surface area (Å²) in [7, 11) is 0. The van der Waals surface area contributed by atoms with Crippen LogP contribution < -0.4 is 0 Å². The molecule has 0 radical (unpaired) electrons. The molecule has 0 nitrogen and oxygen atoms in total. The third kappa shape index (κ3) is 2.40. The summed E-state index contributed by atoms with van der Waals surface area (Å²) in [5, 5.41) is 0.869. The molecule has 0 saturated heterocycles. The number of fused-ring (bicyclic) bond motifs is 5. The maximum absolute atomic E-state index is 6.16. The van der Waals surface area contributed by atoms with E-state index in [4.69, 9.17) is 11.6 Å². The summed E-state index contributed by atoms with van der Waals surface area (Å²) in [6.07, 6.45) is 15.4. The van der Waals surface area contributed by atoms with Gasteiger partial charge in [-0.15, -0.1) is 0 Å². The minimum absolute atomic E-state index is 0.501. The van der Waals surface area contributed by atoms with Gasteiger partial charge in [-0.05, 0) is 110 Å². The maximum atomic E-state index is 6.16. The zero-order valence-corrected chi connectivity index (χ0v) is 17.2. The van der Waals surface area contributed by atoms with Gasteiger partial charge in [0.2, 0.25) is 0 Å². The molecule has 0 N–H and O–H groups in total. The number of rotatable bonds is 1. The van der Waals surface area contributed by atoms with E-state index in [2.05, 4.69) is 44.2 Å². The Hall–Kier alpha value is -0.750. The van der Waals surface area contributed by atoms with E-state index in [0.29, 0.717) is 10.8 Å². The zero-order chi connectivity index (χ0) is 17.9. The van der Waals surface area contributed by atoms with Gasteiger partial charge in [-0.3, -0.25) is 0 Å². The highest BCUT2D eigenvalue weighted by Gasteiger charge is 2.58. The van der Waals surface area contributed by atoms with Crippen molar-refractivity contribution in [3.8, 4) is 0 Å². The fraction of sp³-hybridized carbons (Fsp3) is 0.680. The summed E-state index contributed by atoms with van der Waals surface area (Å²) < 4.78 is 0. The lowest BCUT2D eigenvalue weighted by Crippen LogP contribution is -2.49. The molecule has 0 bridgehead atoms. The molecule has 1 aromatic rings. The Labute approximate surface area is 164 Å². The Morgan fingerprint density at radius 3 is 2.54 bits per heavy atom. The summed E-state index contributed by atoms with van der Waals surface area (Å²) in [6, 6.07) is 8.80. The second kappa shape index (κ2) is 6.13. The molecule has 1 aromatic carbocycles. The van der Waals surface area contributed by atoms with Crippen molar-refractivity contribution in [1.29, 1.82) is 0 Å². The van der Waals surface area contributed by atoms with Crippen LogP contribution in [0, 0.1) is 28.6 Å². The van der Waals surface area contributed by atoms with Gasteiger partial charge in [0.15, 0.2) is 0 Å². The number of benzene rings is 1. The highest BCUT2D eigenvalue weighted by molar-refractivity contribution is 6.30. The number of hydrogen-bond donors (Lipinski definition) is 0. The van der Waals surface area contributed by atoms with Gasteiger partial charge in [-0.1, -0.05) is 49.2 Å². The highest BCUT2D eigenvalue weighted by atomic mass is 35.5. The summed E-state index contributed by atoms with van der Waals surface area (Å²) in [4.78, 5) is 0. The average Bonchev–Trinajstić information content (AvgIpc) is 2.99. The Morgan fingerprint density at radius 2 is 1.73 bits per heavy atom. The molecule has 26 heavy (non-hydrogen) atoms. The van der Waals surface area contributed by atoms with E-state index >= 15 is 0 Å². The van der Waals surface area contributed by atoms with Crippen LogP contribution in [0.15, 0.2) is 35.9 Å². The molecule has 0 amide bonds. The minimum atomic E-state index is 0.501. The van der Waals surface area contributed by atoms with E-state index in [0.717, 1.165) is 28.7 Å². The van der Waals surface area contributed by atoms with Crippen molar-refractivity contribution in [2.45, 2.75) is 77.6 Å². The molecular weight excluding hydrogens is 336 g/mol. The van der Waals surface area contributed by atoms with Gasteiger partial charge < -0.3 is 0 Å². The van der Waals surface area contributed by atoms with Crippen LogP contribution in [-0.4, -0.2) is 0 Å². The summed E-state index contributed by atoms with van der Waals surface area (Å²) in [5.41, 5.74) is 4.40. The second-order valence-corrected chi connectivity index (χ2v) is 10.6. The van der Waals surface area contributed by atoms with Crippen LogP contribution in [0.25, 0.3) is 0 Å². The van der Waals surface area contributed by atoms with E-state index in [9.17, 15) is 0 Å². The molecule has 4 aliphatic carbocycles. The first kappa shape index (κ1) is 17.4. The van der Waals surface area contributed by atoms with Crippen LogP contribution in [-0.2, 0) is 0 Å². The molecule has 0 spiro atoms. The molecule has 6 atom stereocenters. The molecule has 140 valence electrons. The van der Waals surface area contributed by atoms with Gasteiger partial charge in [-0.25, -0.2) is 0 Å². The topological polar surface area (TPSA) is 0 Å². The molecule has 4 aliphatic rings. The molecule has 3 saturated carbocycles. The number of allylic oxidation sites excluding steroid dienone is 2. The van der Waals surface area contributed by atoms with Crippen LogP contribution >= 0.6 is 11.6 Å². The first-order chi connectivity index (χ1) is 12.5. The molecule has 3 fully saturated rings. The van der Waals surface area contributed by atoms with E-state index in [1.165, 1.54) is 63.4 Å². The molecule has 1 heteroatoms. The highest BCUT2D eigenvalue weighted by Crippen LogP contribution is 2.68. The molecule has 0 aliphatic heterocycles. The minimum Gasteiger partial charge on any atom is -0.0848 e. The third-order valence-electron chi connectivity index (χ3n) is 9.30. The van der Waals surface area contributed by atoms with E-state index in [1.54, 1.807) is 0 Å². The predicted molar refractivity (Wildman–Crippen MR) is 111 cm³/mol. The Bertz CT molecular complexity index is 716. The van der Waals surface area contributed by atoms with Crippen molar-refractivity contribution in [1.82, 2.24) is 0 Å². The van der Waals surface area contributed by atoms with Gasteiger partial charge in [0.1, 0.15) is 0 Å². The summed E-state index contributed by atoms with van der Waals surface area (Å²) >= 11 is 6.16. The molecule has 0 unspecified atom stereocenters. The lowest BCUT2D eigenvalue weighted by Gasteiger charge is -2.58. The third-order valence-corrected chi connectivity index (χ3v) is 9.55. The van der Waals surface area contributed by atoms with Crippen molar-refractivity contribution in [2.24, 2.45) is 28.6 Å². The van der Waals surface area contributed by atoms with Crippen molar-refractivity contribution in [2.75, 3.05) is 0 Å². The first-order valence-corrected chi connectivity index (χ1v) is 11.4. The first-order valence-electron chi connectivity index (χ1n) is 11.0. The molecule has 0 aromatic heterocycles. The maximum Gasteiger partial charge on any atom is 0.0406 e. The van der Waals surface area contributed by atoms with E-state index < -0.39 is 0 Å². The van der Waals surface area contributed by atoms with Crippen LogP contribution in [0.2, 0.25) is 5.02 Å². The molecular formula is C25H33Cl. The van der Waals surface area contributed by atoms with Gasteiger partial charge >= 0.3 is 0 Å². The smallest absolute Gasteiger partial charge is 0.0406 e. The van der Waals surface area contributed by atoms with Gasteiger partial charge in [0.05, 0.1) is 0 Å². The average molecular weight is 369 g/mol. The lowest BCUT2D eigenvalue weighted by molar-refractivity contribution is -0.0415. The molecule has 5 rings (SSSR count). The normalized spacial score (nSPS) is 44.7. The summed E-state index contributed by atoms with van der Waals surface area (Å²) in [6.45, 7) is 5.26. The van der Waals surface area contributed by atoms with Crippen molar-refractivity contribution >= 4 is 11.6 Å². The fourth-order valence-electron chi connectivity index (χ4n) is 8.00. The van der Waals surface area contributed by atoms with E-state index in [-0.39, 0.29) is 0 Å². The van der Waals surface area contributed by atoms with Crippen LogP contribution in [0.5, 0.6) is 0 Å². The van der Waals surface area contributed by atoms with Gasteiger partial charge in [-0.2, -0.15) is 0 Å². The van der Waals surface area contributed by atoms with Gasteiger partial charge in [0.25, 0.3) is 0 Å². The zero-order valence-electron chi connectivity index (χ0n) is 16.4. The number of hydrogen-bond acceptors (Lipinski definition) is 0. The van der Waals surface area contributed by atoms with Crippen molar-refractivity contribution in [3.63, 3.8) is 0 Å². The monoisotopic (exact) mass is 368 g/mol. The van der Waals surface area contributed by atoms with Crippen molar-refractivity contribution < 1.29 is 0 Å². The van der Waals surface area contributed by atoms with E-state index in [1.807, 2.05) is 5.57 Å². The molecule has 0 heterocycles. The second-order valence-electron chi connectivity index (χ2n) is 10.2. The lowest BCUT2D eigenvalue weighted by atomic mass is 9.46. The van der Waals surface area contributed by atoms with Crippen molar-refractivity contribution in [3.05, 3.63) is 46.5 Å². The SMILES string of the molecule is C[C@]12CC[C@H]3[C@@H](CCC4=CCCC[C@@]43C)[C@@H]1CC[C@@H]2c1ccc(Cl)cc1. The standard InChI is InChI=1S/C25H33Cl/c1-24-15-4-3-5-18(24)8-11-20-22-13-12-21(17-6-9-19(26)10-7-17)25(22,2)16-14-23(20)24/h5-7,9-10,20-23H,3-4,8,11-16H2,1-2H3/t20-,21+,22-,23-,24-,25+/m0/s1. The largest absolute Gasteiger partial charge is 0.0848 e.